The maximum Gasteiger partial charge on any atom is 0.407 e. The molecule has 57 heavy (non-hydrogen) atoms. The van der Waals surface area contributed by atoms with Crippen molar-refractivity contribution >= 4 is 65.4 Å². The van der Waals surface area contributed by atoms with Gasteiger partial charge in [-0.3, -0.25) is 43.2 Å². The summed E-state index contributed by atoms with van der Waals surface area (Å²) in [5.41, 5.74) is -0.843. The molecule has 1 unspecified atom stereocenters. The van der Waals surface area contributed by atoms with E-state index in [2.05, 4.69) is 50.4 Å². The van der Waals surface area contributed by atoms with E-state index in [9.17, 15) is 52.7 Å². The van der Waals surface area contributed by atoms with Gasteiger partial charge in [-0.2, -0.15) is 0 Å². The first kappa shape index (κ1) is 46.3. The Labute approximate surface area is 327 Å². The topological polar surface area (TPSA) is 297 Å². The van der Waals surface area contributed by atoms with Crippen LogP contribution in [0.25, 0.3) is 0 Å². The molecule has 2 rings (SSSR count). The number of amides is 11. The lowest BCUT2D eigenvalue weighted by atomic mass is 10.1. The highest BCUT2D eigenvalue weighted by Gasteiger charge is 2.31. The van der Waals surface area contributed by atoms with Crippen LogP contribution in [-0.4, -0.2) is 133 Å². The molecular formula is C35H47N9O13. The molecule has 22 nitrogen and oxygen atoms in total. The zero-order valence-electron chi connectivity index (χ0n) is 31.6. The van der Waals surface area contributed by atoms with Crippen molar-refractivity contribution in [2.45, 2.75) is 58.0 Å². The summed E-state index contributed by atoms with van der Waals surface area (Å²) in [6.07, 6.45) is 2.32. The van der Waals surface area contributed by atoms with E-state index in [0.29, 0.717) is 22.6 Å². The first-order chi connectivity index (χ1) is 27.1. The predicted octanol–water partition coefficient (Wildman–Crippen LogP) is -2.38. The molecule has 1 atom stereocenters. The molecule has 310 valence electrons. The van der Waals surface area contributed by atoms with E-state index in [0.717, 1.165) is 24.3 Å². The number of nitrogens with one attached hydrogen (secondary N) is 7. The molecule has 11 amide bonds. The van der Waals surface area contributed by atoms with Crippen molar-refractivity contribution in [2.24, 2.45) is 0 Å². The third-order valence-corrected chi connectivity index (χ3v) is 7.71. The van der Waals surface area contributed by atoms with Crippen LogP contribution < -0.4 is 37.2 Å². The van der Waals surface area contributed by atoms with Gasteiger partial charge in [-0.05, 0) is 33.1 Å². The van der Waals surface area contributed by atoms with Crippen molar-refractivity contribution in [3.8, 4) is 0 Å². The van der Waals surface area contributed by atoms with Gasteiger partial charge in [0.05, 0.1) is 13.2 Å². The average Bonchev–Trinajstić information content (AvgIpc) is 3.68. The first-order valence-corrected chi connectivity index (χ1v) is 17.8. The van der Waals surface area contributed by atoms with Crippen molar-refractivity contribution in [1.82, 2.24) is 47.0 Å². The lowest BCUT2D eigenvalue weighted by Gasteiger charge is -2.23. The van der Waals surface area contributed by atoms with E-state index in [1.165, 1.54) is 0 Å². The van der Waals surface area contributed by atoms with Crippen LogP contribution in [-0.2, 0) is 52.6 Å². The summed E-state index contributed by atoms with van der Waals surface area (Å²) in [5, 5.41) is 17.4. The standard InChI is InChI=1S/C35H47N9O13/c1-5-56-34(54)40-14-8-7-9-24(42-35(55)57-6-2)33(53)41-23(19-25(45)36-15-17-38-31(51)21(3)43-27(47)10-11-28(43)48)20-26(46)37-16-18-39-32(52)22(4)44-29(49)12-13-30(44)50/h10-13,23-24H,3-9,14-20H2,1-2H3,(H,36,45)(H,37,46)(H,38,51)(H,39,52)(H,40,54)(H,41,53)(H,42,55). The fourth-order valence-electron chi connectivity index (χ4n) is 4.99. The van der Waals surface area contributed by atoms with Gasteiger partial charge in [0.1, 0.15) is 17.4 Å². The van der Waals surface area contributed by atoms with Gasteiger partial charge < -0.3 is 46.7 Å². The monoisotopic (exact) mass is 801 g/mol. The zero-order chi connectivity index (χ0) is 42.5. The van der Waals surface area contributed by atoms with E-state index in [1.807, 2.05) is 0 Å². The Bertz CT molecular complexity index is 1570. The van der Waals surface area contributed by atoms with Crippen LogP contribution in [0, 0.1) is 0 Å². The molecule has 2 heterocycles. The number of imide groups is 2. The maximum absolute atomic E-state index is 13.5. The molecular weight excluding hydrogens is 754 g/mol. The minimum atomic E-state index is -1.18. The zero-order valence-corrected chi connectivity index (χ0v) is 31.6. The van der Waals surface area contributed by atoms with E-state index < -0.39 is 102 Å². The van der Waals surface area contributed by atoms with Gasteiger partial charge in [0.15, 0.2) is 0 Å². The van der Waals surface area contributed by atoms with E-state index >= 15 is 0 Å². The summed E-state index contributed by atoms with van der Waals surface area (Å²) in [7, 11) is 0. The summed E-state index contributed by atoms with van der Waals surface area (Å²) in [5.74, 6) is -6.73. The number of ether oxygens (including phenoxy) is 2. The Kier molecular flexibility index (Phi) is 19.3. The highest BCUT2D eigenvalue weighted by Crippen LogP contribution is 2.12. The van der Waals surface area contributed by atoms with Gasteiger partial charge in [0.25, 0.3) is 35.4 Å². The Morgan fingerprint density at radius 2 is 1.00 bits per heavy atom. The molecule has 0 aliphatic carbocycles. The summed E-state index contributed by atoms with van der Waals surface area (Å²) in [6.45, 7) is 9.92. The number of hydrogen-bond donors (Lipinski definition) is 7. The van der Waals surface area contributed by atoms with Crippen LogP contribution in [0.3, 0.4) is 0 Å². The molecule has 0 saturated heterocycles. The normalized spacial score (nSPS) is 13.5. The lowest BCUT2D eigenvalue weighted by molar-refractivity contribution is -0.138. The van der Waals surface area contributed by atoms with Crippen molar-refractivity contribution in [2.75, 3.05) is 45.9 Å². The summed E-state index contributed by atoms with van der Waals surface area (Å²) < 4.78 is 9.71. The number of rotatable bonds is 24. The molecule has 0 bridgehead atoms. The fourth-order valence-corrected chi connectivity index (χ4v) is 4.99. The van der Waals surface area contributed by atoms with Gasteiger partial charge in [0.2, 0.25) is 17.7 Å². The van der Waals surface area contributed by atoms with Gasteiger partial charge in [-0.15, -0.1) is 0 Å². The second-order valence-corrected chi connectivity index (χ2v) is 12.0. The van der Waals surface area contributed by atoms with Crippen molar-refractivity contribution in [1.29, 1.82) is 0 Å². The molecule has 0 saturated carbocycles. The lowest BCUT2D eigenvalue weighted by Crippen LogP contribution is -2.52. The third kappa shape index (κ3) is 15.8. The molecule has 0 radical (unpaired) electrons. The minimum absolute atomic E-state index is 0.00710. The number of carbonyl (C=O) groups excluding carboxylic acids is 11. The van der Waals surface area contributed by atoms with Crippen LogP contribution in [0.1, 0.15) is 46.0 Å². The molecule has 0 aromatic carbocycles. The quantitative estimate of drug-likeness (QED) is 0.0305. The molecule has 0 aromatic rings. The molecule has 22 heteroatoms. The van der Waals surface area contributed by atoms with Gasteiger partial charge in [0, 0.05) is 75.9 Å². The molecule has 2 aliphatic heterocycles. The summed E-state index contributed by atoms with van der Waals surface area (Å²) in [4.78, 5) is 136. The highest BCUT2D eigenvalue weighted by molar-refractivity contribution is 6.18. The highest BCUT2D eigenvalue weighted by atomic mass is 16.6. The number of nitrogens with zero attached hydrogens (tertiary/aromatic N) is 2. The van der Waals surface area contributed by atoms with Crippen molar-refractivity contribution in [3.05, 3.63) is 48.9 Å². The number of hydrogen-bond acceptors (Lipinski definition) is 13. The summed E-state index contributed by atoms with van der Waals surface area (Å²) >= 11 is 0. The number of alkyl carbamates (subject to hydrolysis) is 2. The van der Waals surface area contributed by atoms with Crippen molar-refractivity contribution in [3.63, 3.8) is 0 Å². The first-order valence-electron chi connectivity index (χ1n) is 17.8. The third-order valence-electron chi connectivity index (χ3n) is 7.71. The number of carbonyl (C=O) groups is 11. The van der Waals surface area contributed by atoms with Gasteiger partial charge >= 0.3 is 12.2 Å². The van der Waals surface area contributed by atoms with Crippen LogP contribution in [0.15, 0.2) is 48.9 Å². The predicted molar refractivity (Wildman–Crippen MR) is 196 cm³/mol. The minimum Gasteiger partial charge on any atom is -0.450 e. The Balaban J connectivity index is 2.02. The molecule has 0 fully saturated rings. The van der Waals surface area contributed by atoms with E-state index in [-0.39, 0.29) is 52.4 Å². The average molecular weight is 802 g/mol. The maximum atomic E-state index is 13.5. The molecule has 7 N–H and O–H groups in total. The fraction of sp³-hybridized carbons (Fsp3) is 0.457. The molecule has 0 aromatic heterocycles. The smallest absolute Gasteiger partial charge is 0.407 e. The number of unbranched alkanes of at least 4 members (excludes halogenated alkanes) is 1. The SMILES string of the molecule is C=C(C(=O)NCCNC(=O)CC(CC(=O)NCCNC(=O)C(=C)N1C(=O)C=CC1=O)NC(=O)C(CCCCNC(=O)OCC)NC(=O)OCC)N1C(=O)C=CC1=O. The van der Waals surface area contributed by atoms with E-state index in [1.54, 1.807) is 13.8 Å². The van der Waals surface area contributed by atoms with Crippen LogP contribution >= 0.6 is 0 Å². The Morgan fingerprint density at radius 1 is 0.579 bits per heavy atom. The second-order valence-electron chi connectivity index (χ2n) is 12.0. The second kappa shape index (κ2) is 23.8. The molecule has 2 aliphatic rings. The van der Waals surface area contributed by atoms with Gasteiger partial charge in [-0.25, -0.2) is 19.4 Å². The van der Waals surface area contributed by atoms with Crippen molar-refractivity contribution < 1.29 is 62.2 Å². The largest absolute Gasteiger partial charge is 0.450 e. The Hall–Kier alpha value is -6.87. The van der Waals surface area contributed by atoms with Crippen LogP contribution in [0.4, 0.5) is 9.59 Å². The van der Waals surface area contributed by atoms with Gasteiger partial charge in [-0.1, -0.05) is 13.2 Å². The molecule has 0 spiro atoms. The van der Waals surface area contributed by atoms with Crippen LogP contribution in [0.5, 0.6) is 0 Å². The van der Waals surface area contributed by atoms with E-state index in [4.69, 9.17) is 9.47 Å². The Morgan fingerprint density at radius 3 is 1.44 bits per heavy atom. The summed E-state index contributed by atoms with van der Waals surface area (Å²) in [6, 6.07) is -2.33. The van der Waals surface area contributed by atoms with Crippen LogP contribution in [0.2, 0.25) is 0 Å².